The van der Waals surface area contributed by atoms with Crippen molar-refractivity contribution >= 4 is 5.95 Å². The predicted molar refractivity (Wildman–Crippen MR) is 76.4 cm³/mol. The monoisotopic (exact) mass is 276 g/mol. The number of hydrogen-bond donors (Lipinski definition) is 1. The average molecular weight is 276 g/mol. The van der Waals surface area contributed by atoms with Gasteiger partial charge in [0.15, 0.2) is 0 Å². The largest absolute Gasteiger partial charge is 0.464 e. The topological polar surface area (TPSA) is 77.8 Å². The van der Waals surface area contributed by atoms with Gasteiger partial charge < -0.3 is 10.1 Å². The van der Waals surface area contributed by atoms with Gasteiger partial charge >= 0.3 is 6.01 Å². The third kappa shape index (κ3) is 2.87. The molecule has 0 aliphatic heterocycles. The summed E-state index contributed by atoms with van der Waals surface area (Å²) in [4.78, 5) is 12.8. The van der Waals surface area contributed by atoms with Crippen molar-refractivity contribution in [2.75, 3.05) is 19.0 Å². The molecule has 0 saturated carbocycles. The van der Waals surface area contributed by atoms with Gasteiger partial charge in [-0.2, -0.15) is 20.1 Å². The van der Waals surface area contributed by atoms with Crippen molar-refractivity contribution in [1.29, 1.82) is 0 Å². The highest BCUT2D eigenvalue weighted by Crippen LogP contribution is 2.14. The molecule has 0 fully saturated rings. The third-order valence-corrected chi connectivity index (χ3v) is 2.85. The van der Waals surface area contributed by atoms with Crippen LogP contribution in [0.1, 0.15) is 32.2 Å². The number of hydrogen-bond acceptors (Lipinski definition) is 6. The van der Waals surface area contributed by atoms with E-state index in [1.807, 2.05) is 6.92 Å². The van der Waals surface area contributed by atoms with Crippen LogP contribution in [0.25, 0.3) is 5.95 Å². The lowest BCUT2D eigenvalue weighted by molar-refractivity contribution is 0.311. The molecule has 108 valence electrons. The Morgan fingerprint density at radius 3 is 2.55 bits per heavy atom. The summed E-state index contributed by atoms with van der Waals surface area (Å²) in [5, 5.41) is 7.44. The molecule has 0 aromatic carbocycles. The highest BCUT2D eigenvalue weighted by atomic mass is 16.5. The molecular formula is C13H20N6O. The van der Waals surface area contributed by atoms with E-state index in [9.17, 15) is 0 Å². The first-order valence-corrected chi connectivity index (χ1v) is 6.86. The fourth-order valence-electron chi connectivity index (χ4n) is 1.82. The molecule has 0 atom stereocenters. The molecule has 0 radical (unpaired) electrons. The number of rotatable bonds is 6. The molecule has 2 aromatic heterocycles. The molecule has 2 rings (SSSR count). The van der Waals surface area contributed by atoms with Crippen LogP contribution in [0, 0.1) is 0 Å². The van der Waals surface area contributed by atoms with E-state index in [1.165, 1.54) is 0 Å². The van der Waals surface area contributed by atoms with Gasteiger partial charge in [0.1, 0.15) is 0 Å². The van der Waals surface area contributed by atoms with Crippen LogP contribution in [0.15, 0.2) is 6.07 Å². The van der Waals surface area contributed by atoms with E-state index in [4.69, 9.17) is 4.74 Å². The van der Waals surface area contributed by atoms with Crippen LogP contribution in [0.2, 0.25) is 0 Å². The van der Waals surface area contributed by atoms with Crippen LogP contribution in [-0.2, 0) is 12.8 Å². The minimum Gasteiger partial charge on any atom is -0.464 e. The molecule has 1 N–H and O–H groups in total. The molecule has 20 heavy (non-hydrogen) atoms. The summed E-state index contributed by atoms with van der Waals surface area (Å²) >= 11 is 0. The lowest BCUT2D eigenvalue weighted by atomic mass is 10.3. The van der Waals surface area contributed by atoms with Crippen LogP contribution < -0.4 is 10.1 Å². The minimum absolute atomic E-state index is 0.303. The maximum absolute atomic E-state index is 5.37. The molecule has 7 nitrogen and oxygen atoms in total. The molecule has 0 saturated heterocycles. The van der Waals surface area contributed by atoms with E-state index in [1.54, 1.807) is 11.7 Å². The Kier molecular flexibility index (Phi) is 4.49. The maximum atomic E-state index is 5.37. The molecule has 0 amide bonds. The summed E-state index contributed by atoms with van der Waals surface area (Å²) in [6.07, 6.45) is 1.74. The molecule has 0 spiro atoms. The van der Waals surface area contributed by atoms with Crippen molar-refractivity contribution in [3.05, 3.63) is 17.5 Å². The number of nitrogens with zero attached hydrogens (tertiary/aromatic N) is 5. The first kappa shape index (κ1) is 14.2. The van der Waals surface area contributed by atoms with Gasteiger partial charge in [0.05, 0.1) is 12.3 Å². The summed E-state index contributed by atoms with van der Waals surface area (Å²) in [7, 11) is 1.76. The summed E-state index contributed by atoms with van der Waals surface area (Å²) in [5.41, 5.74) is 2.09. The standard InChI is InChI=1S/C13H20N6O/c1-5-9-8-10(6-2)19(18-9)12-15-11(14-4)16-13(17-12)20-7-3/h8H,5-7H2,1-4H3,(H,14,15,16,17). The summed E-state index contributed by atoms with van der Waals surface area (Å²) in [6, 6.07) is 2.38. The SMILES string of the molecule is CCOc1nc(NC)nc(-n2nc(CC)cc2CC)n1. The molecule has 2 heterocycles. The molecular weight excluding hydrogens is 256 g/mol. The zero-order chi connectivity index (χ0) is 14.5. The van der Waals surface area contributed by atoms with Crippen LogP contribution in [-0.4, -0.2) is 38.4 Å². The van der Waals surface area contributed by atoms with Gasteiger partial charge in [-0.1, -0.05) is 13.8 Å². The van der Waals surface area contributed by atoms with Crippen LogP contribution in [0.4, 0.5) is 5.95 Å². The molecule has 0 aliphatic carbocycles. The van der Waals surface area contributed by atoms with Gasteiger partial charge in [-0.25, -0.2) is 4.68 Å². The lowest BCUT2D eigenvalue weighted by Crippen LogP contribution is -2.11. The Labute approximate surface area is 118 Å². The van der Waals surface area contributed by atoms with Crippen molar-refractivity contribution in [2.45, 2.75) is 33.6 Å². The highest BCUT2D eigenvalue weighted by molar-refractivity contribution is 5.30. The van der Waals surface area contributed by atoms with Crippen molar-refractivity contribution in [2.24, 2.45) is 0 Å². The van der Waals surface area contributed by atoms with Gasteiger partial charge in [0.2, 0.25) is 5.95 Å². The van der Waals surface area contributed by atoms with Gasteiger partial charge in [0.25, 0.3) is 5.95 Å². The Hall–Kier alpha value is -2.18. The number of aromatic nitrogens is 5. The van der Waals surface area contributed by atoms with Gasteiger partial charge in [-0.15, -0.1) is 0 Å². The van der Waals surface area contributed by atoms with E-state index < -0.39 is 0 Å². The lowest BCUT2D eigenvalue weighted by Gasteiger charge is -2.08. The molecule has 0 unspecified atom stereocenters. The van der Waals surface area contributed by atoms with E-state index in [0.29, 0.717) is 24.5 Å². The van der Waals surface area contributed by atoms with E-state index in [2.05, 4.69) is 45.3 Å². The molecule has 0 aliphatic rings. The minimum atomic E-state index is 0.303. The van der Waals surface area contributed by atoms with Crippen molar-refractivity contribution in [3.63, 3.8) is 0 Å². The zero-order valence-electron chi connectivity index (χ0n) is 12.3. The Morgan fingerprint density at radius 2 is 1.95 bits per heavy atom. The first-order valence-electron chi connectivity index (χ1n) is 6.86. The first-order chi connectivity index (χ1) is 9.71. The van der Waals surface area contributed by atoms with E-state index in [0.717, 1.165) is 24.2 Å². The third-order valence-electron chi connectivity index (χ3n) is 2.85. The second-order valence-corrected chi connectivity index (χ2v) is 4.17. The van der Waals surface area contributed by atoms with Crippen molar-refractivity contribution < 1.29 is 4.74 Å². The average Bonchev–Trinajstić information content (AvgIpc) is 2.90. The summed E-state index contributed by atoms with van der Waals surface area (Å²) in [6.45, 7) is 6.55. The van der Waals surface area contributed by atoms with Crippen molar-refractivity contribution in [3.8, 4) is 12.0 Å². The van der Waals surface area contributed by atoms with Gasteiger partial charge in [0, 0.05) is 12.7 Å². The predicted octanol–water partition coefficient (Wildman–Crippen LogP) is 1.62. The normalized spacial score (nSPS) is 10.6. The summed E-state index contributed by atoms with van der Waals surface area (Å²) < 4.78 is 7.13. The number of nitrogens with one attached hydrogen (secondary N) is 1. The highest BCUT2D eigenvalue weighted by Gasteiger charge is 2.13. The van der Waals surface area contributed by atoms with Crippen LogP contribution >= 0.6 is 0 Å². The van der Waals surface area contributed by atoms with E-state index >= 15 is 0 Å². The van der Waals surface area contributed by atoms with Crippen LogP contribution in [0.5, 0.6) is 6.01 Å². The molecule has 2 aromatic rings. The zero-order valence-corrected chi connectivity index (χ0v) is 12.3. The number of ether oxygens (including phenoxy) is 1. The Balaban J connectivity index is 2.50. The summed E-state index contributed by atoms with van der Waals surface area (Å²) in [5.74, 6) is 0.943. The smallest absolute Gasteiger partial charge is 0.323 e. The Morgan fingerprint density at radius 1 is 1.15 bits per heavy atom. The Bertz CT molecular complexity index is 580. The second kappa shape index (κ2) is 6.31. The molecule has 0 bridgehead atoms. The van der Waals surface area contributed by atoms with Crippen LogP contribution in [0.3, 0.4) is 0 Å². The van der Waals surface area contributed by atoms with Crippen molar-refractivity contribution in [1.82, 2.24) is 24.7 Å². The van der Waals surface area contributed by atoms with Gasteiger partial charge in [-0.3, -0.25) is 0 Å². The quantitative estimate of drug-likeness (QED) is 0.864. The fourth-order valence-corrected chi connectivity index (χ4v) is 1.82. The van der Waals surface area contributed by atoms with Gasteiger partial charge in [-0.05, 0) is 25.8 Å². The fraction of sp³-hybridized carbons (Fsp3) is 0.538. The number of aryl methyl sites for hydroxylation is 2. The molecule has 7 heteroatoms. The second-order valence-electron chi connectivity index (χ2n) is 4.17. The van der Waals surface area contributed by atoms with E-state index in [-0.39, 0.29) is 0 Å². The number of anilines is 1. The maximum Gasteiger partial charge on any atom is 0.323 e.